The van der Waals surface area contributed by atoms with E-state index < -0.39 is 11.7 Å². The summed E-state index contributed by atoms with van der Waals surface area (Å²) in [4.78, 5) is 28.8. The standard InChI is InChI=1S/C25H29N3O4/c1-17-10-12-18(13-11-17)21-16-28-23(31-21)20-9-6-5-8-19(20)22(29)26-14-7-15-27-24(30)32-25(2,3)4/h5-6,8-13,16H,7,14-15H2,1-4H3,(H,26,29)(H,27,30). The first-order valence-corrected chi connectivity index (χ1v) is 10.6. The number of nitrogens with one attached hydrogen (secondary N) is 2. The minimum atomic E-state index is -0.540. The van der Waals surface area contributed by atoms with Crippen LogP contribution < -0.4 is 10.6 Å². The number of aromatic nitrogens is 1. The maximum atomic E-state index is 12.7. The molecule has 0 fully saturated rings. The quantitative estimate of drug-likeness (QED) is 0.512. The van der Waals surface area contributed by atoms with E-state index in [4.69, 9.17) is 9.15 Å². The largest absolute Gasteiger partial charge is 0.444 e. The van der Waals surface area contributed by atoms with Crippen LogP contribution in [0.5, 0.6) is 0 Å². The summed E-state index contributed by atoms with van der Waals surface area (Å²) in [6, 6.07) is 15.2. The molecule has 168 valence electrons. The van der Waals surface area contributed by atoms with Gasteiger partial charge in [0.2, 0.25) is 5.89 Å². The number of ether oxygens (including phenoxy) is 1. The Morgan fingerprint density at radius 3 is 2.41 bits per heavy atom. The molecule has 32 heavy (non-hydrogen) atoms. The fraction of sp³-hybridized carbons (Fsp3) is 0.320. The summed E-state index contributed by atoms with van der Waals surface area (Å²) in [5, 5.41) is 5.55. The molecule has 1 heterocycles. The van der Waals surface area contributed by atoms with E-state index in [0.717, 1.165) is 11.1 Å². The Labute approximate surface area is 188 Å². The van der Waals surface area contributed by atoms with E-state index in [0.29, 0.717) is 42.3 Å². The first kappa shape index (κ1) is 23.1. The van der Waals surface area contributed by atoms with Crippen LogP contribution in [0.3, 0.4) is 0 Å². The van der Waals surface area contributed by atoms with Crippen molar-refractivity contribution < 1.29 is 18.7 Å². The zero-order chi connectivity index (χ0) is 23.1. The summed E-state index contributed by atoms with van der Waals surface area (Å²) in [7, 11) is 0. The monoisotopic (exact) mass is 435 g/mol. The fourth-order valence-corrected chi connectivity index (χ4v) is 3.01. The van der Waals surface area contributed by atoms with Crippen molar-refractivity contribution in [1.82, 2.24) is 15.6 Å². The van der Waals surface area contributed by atoms with Gasteiger partial charge in [0, 0.05) is 24.2 Å². The number of nitrogens with zero attached hydrogens (tertiary/aromatic N) is 1. The van der Waals surface area contributed by atoms with E-state index >= 15 is 0 Å². The Balaban J connectivity index is 1.59. The number of carbonyl (C=O) groups is 2. The zero-order valence-electron chi connectivity index (χ0n) is 18.9. The van der Waals surface area contributed by atoms with E-state index in [2.05, 4.69) is 15.6 Å². The van der Waals surface area contributed by atoms with Crippen molar-refractivity contribution in [1.29, 1.82) is 0 Å². The lowest BCUT2D eigenvalue weighted by Crippen LogP contribution is -2.34. The SMILES string of the molecule is Cc1ccc(-c2cnc(-c3ccccc3C(=O)NCCCNC(=O)OC(C)(C)C)o2)cc1. The topological polar surface area (TPSA) is 93.5 Å². The Kier molecular flexibility index (Phi) is 7.30. The van der Waals surface area contributed by atoms with Crippen molar-refractivity contribution in [2.45, 2.75) is 39.7 Å². The van der Waals surface area contributed by atoms with Gasteiger partial charge in [0.25, 0.3) is 5.91 Å². The highest BCUT2D eigenvalue weighted by molar-refractivity contribution is 6.00. The van der Waals surface area contributed by atoms with Gasteiger partial charge >= 0.3 is 6.09 Å². The lowest BCUT2D eigenvalue weighted by atomic mass is 10.1. The predicted octanol–water partition coefficient (Wildman–Crippen LogP) is 4.96. The summed E-state index contributed by atoms with van der Waals surface area (Å²) < 4.78 is 11.1. The van der Waals surface area contributed by atoms with Gasteiger partial charge in [-0.1, -0.05) is 42.0 Å². The molecular weight excluding hydrogens is 406 g/mol. The van der Waals surface area contributed by atoms with Crippen molar-refractivity contribution >= 4 is 12.0 Å². The Bertz CT molecular complexity index is 1070. The molecule has 0 unspecified atom stereocenters. The summed E-state index contributed by atoms with van der Waals surface area (Å²) >= 11 is 0. The molecule has 2 aromatic carbocycles. The van der Waals surface area contributed by atoms with E-state index in [1.54, 1.807) is 18.3 Å². The highest BCUT2D eigenvalue weighted by atomic mass is 16.6. The lowest BCUT2D eigenvalue weighted by molar-refractivity contribution is 0.0527. The van der Waals surface area contributed by atoms with Crippen LogP contribution in [0.25, 0.3) is 22.8 Å². The van der Waals surface area contributed by atoms with Crippen LogP contribution in [0.1, 0.15) is 43.1 Å². The summed E-state index contributed by atoms with van der Waals surface area (Å²) in [5.41, 5.74) is 2.65. The highest BCUT2D eigenvalue weighted by Crippen LogP contribution is 2.28. The van der Waals surface area contributed by atoms with Gasteiger partial charge in [-0.15, -0.1) is 0 Å². The third-order valence-electron chi connectivity index (χ3n) is 4.55. The van der Waals surface area contributed by atoms with E-state index in [-0.39, 0.29) is 5.91 Å². The third kappa shape index (κ3) is 6.44. The second-order valence-corrected chi connectivity index (χ2v) is 8.48. The number of oxazole rings is 1. The van der Waals surface area contributed by atoms with Crippen molar-refractivity contribution in [3.8, 4) is 22.8 Å². The van der Waals surface area contributed by atoms with E-state index in [1.807, 2.05) is 64.1 Å². The van der Waals surface area contributed by atoms with Gasteiger partial charge in [-0.25, -0.2) is 9.78 Å². The minimum absolute atomic E-state index is 0.229. The molecule has 0 aliphatic heterocycles. The number of hydrogen-bond acceptors (Lipinski definition) is 5. The molecule has 7 nitrogen and oxygen atoms in total. The molecule has 0 saturated carbocycles. The maximum absolute atomic E-state index is 12.7. The highest BCUT2D eigenvalue weighted by Gasteiger charge is 2.17. The number of amides is 2. The van der Waals surface area contributed by atoms with Gasteiger partial charge in [0.05, 0.1) is 11.8 Å². The molecule has 7 heteroatoms. The zero-order valence-corrected chi connectivity index (χ0v) is 18.9. The molecule has 2 amide bonds. The number of alkyl carbamates (subject to hydrolysis) is 1. The van der Waals surface area contributed by atoms with E-state index in [1.165, 1.54) is 0 Å². The molecule has 0 atom stereocenters. The molecular formula is C25H29N3O4. The summed E-state index contributed by atoms with van der Waals surface area (Å²) in [6.45, 7) is 8.25. The fourth-order valence-electron chi connectivity index (χ4n) is 3.01. The third-order valence-corrected chi connectivity index (χ3v) is 4.55. The van der Waals surface area contributed by atoms with Gasteiger partial charge in [-0.05, 0) is 46.2 Å². The van der Waals surface area contributed by atoms with Crippen LogP contribution in [0.4, 0.5) is 4.79 Å². The molecule has 0 bridgehead atoms. The first-order valence-electron chi connectivity index (χ1n) is 10.6. The summed E-state index contributed by atoms with van der Waals surface area (Å²) in [6.07, 6.45) is 1.77. The molecule has 1 aromatic heterocycles. The number of rotatable bonds is 7. The number of aryl methyl sites for hydroxylation is 1. The second-order valence-electron chi connectivity index (χ2n) is 8.48. The number of benzene rings is 2. The molecule has 0 saturated heterocycles. The first-order chi connectivity index (χ1) is 15.2. The predicted molar refractivity (Wildman–Crippen MR) is 123 cm³/mol. The molecule has 2 N–H and O–H groups in total. The Hall–Kier alpha value is -3.61. The average molecular weight is 436 g/mol. The van der Waals surface area contributed by atoms with Crippen LogP contribution in [-0.4, -0.2) is 35.7 Å². The van der Waals surface area contributed by atoms with Crippen LogP contribution in [0, 0.1) is 6.92 Å². The molecule has 0 aliphatic carbocycles. The lowest BCUT2D eigenvalue weighted by Gasteiger charge is -2.19. The molecule has 3 aromatic rings. The van der Waals surface area contributed by atoms with Crippen molar-refractivity contribution in [3.05, 3.63) is 65.9 Å². The molecule has 0 spiro atoms. The van der Waals surface area contributed by atoms with Crippen molar-refractivity contribution in [3.63, 3.8) is 0 Å². The number of hydrogen-bond donors (Lipinski definition) is 2. The van der Waals surface area contributed by atoms with Crippen molar-refractivity contribution in [2.75, 3.05) is 13.1 Å². The minimum Gasteiger partial charge on any atom is -0.444 e. The molecule has 0 radical (unpaired) electrons. The second kappa shape index (κ2) is 10.1. The van der Waals surface area contributed by atoms with Gasteiger partial charge < -0.3 is 19.8 Å². The maximum Gasteiger partial charge on any atom is 0.407 e. The van der Waals surface area contributed by atoms with Crippen LogP contribution in [-0.2, 0) is 4.74 Å². The van der Waals surface area contributed by atoms with Crippen LogP contribution in [0.2, 0.25) is 0 Å². The summed E-state index contributed by atoms with van der Waals surface area (Å²) in [5.74, 6) is 0.800. The van der Waals surface area contributed by atoms with Gasteiger partial charge in [0.15, 0.2) is 5.76 Å². The van der Waals surface area contributed by atoms with Gasteiger partial charge in [0.1, 0.15) is 5.60 Å². The normalized spacial score (nSPS) is 11.1. The van der Waals surface area contributed by atoms with Gasteiger partial charge in [-0.3, -0.25) is 4.79 Å². The number of carbonyl (C=O) groups excluding carboxylic acids is 2. The molecule has 0 aliphatic rings. The van der Waals surface area contributed by atoms with Crippen molar-refractivity contribution in [2.24, 2.45) is 0 Å². The average Bonchev–Trinajstić information content (AvgIpc) is 3.22. The smallest absolute Gasteiger partial charge is 0.407 e. The van der Waals surface area contributed by atoms with Crippen LogP contribution >= 0.6 is 0 Å². The molecule has 3 rings (SSSR count). The van der Waals surface area contributed by atoms with Gasteiger partial charge in [-0.2, -0.15) is 0 Å². The Morgan fingerprint density at radius 1 is 1.00 bits per heavy atom. The van der Waals surface area contributed by atoms with E-state index in [9.17, 15) is 9.59 Å². The van der Waals surface area contributed by atoms with Crippen LogP contribution in [0.15, 0.2) is 59.1 Å². The Morgan fingerprint density at radius 2 is 1.69 bits per heavy atom.